The Hall–Kier alpha value is -2.30. The number of rotatable bonds is 6. The van der Waals surface area contributed by atoms with Gasteiger partial charge in [0.25, 0.3) is 5.91 Å². The number of methoxy groups -OCH3 is 1. The van der Waals surface area contributed by atoms with Crippen molar-refractivity contribution in [2.24, 2.45) is 7.05 Å². The molecule has 1 aromatic carbocycles. The van der Waals surface area contributed by atoms with Crippen LogP contribution in [-0.4, -0.2) is 22.8 Å². The Bertz CT molecular complexity index is 761. The summed E-state index contributed by atoms with van der Waals surface area (Å²) in [6, 6.07) is 6.03. The first-order chi connectivity index (χ1) is 11.7. The minimum absolute atomic E-state index is 0.108. The fraction of sp³-hybridized carbons (Fsp3) is 0.500. The summed E-state index contributed by atoms with van der Waals surface area (Å²) >= 11 is 0. The van der Waals surface area contributed by atoms with E-state index >= 15 is 0 Å². The van der Waals surface area contributed by atoms with Crippen LogP contribution in [0.15, 0.2) is 18.2 Å². The Kier molecular flexibility index (Phi) is 5.88. The first-order valence-electron chi connectivity index (χ1n) is 8.74. The van der Waals surface area contributed by atoms with Gasteiger partial charge < -0.3 is 10.1 Å². The van der Waals surface area contributed by atoms with Crippen molar-refractivity contribution in [3.8, 4) is 5.75 Å². The van der Waals surface area contributed by atoms with Gasteiger partial charge in [0.05, 0.1) is 12.8 Å². The fourth-order valence-corrected chi connectivity index (χ4v) is 2.81. The summed E-state index contributed by atoms with van der Waals surface area (Å²) in [5, 5.41) is 7.42. The molecule has 0 unspecified atom stereocenters. The molecule has 2 aromatic rings. The molecule has 5 nitrogen and oxygen atoms in total. The monoisotopic (exact) mass is 343 g/mol. The maximum atomic E-state index is 12.5. The second-order valence-corrected chi connectivity index (χ2v) is 7.09. The molecule has 0 fully saturated rings. The molecule has 0 spiro atoms. The van der Waals surface area contributed by atoms with Crippen LogP contribution in [0, 0.1) is 6.92 Å². The topological polar surface area (TPSA) is 56.1 Å². The number of aryl methyl sites for hydroxylation is 2. The highest BCUT2D eigenvalue weighted by molar-refractivity contribution is 5.92. The lowest BCUT2D eigenvalue weighted by atomic mass is 9.96. The minimum atomic E-state index is -0.108. The molecule has 0 bridgehead atoms. The zero-order valence-electron chi connectivity index (χ0n) is 16.3. The minimum Gasteiger partial charge on any atom is -0.496 e. The van der Waals surface area contributed by atoms with Crippen molar-refractivity contribution in [3.63, 3.8) is 0 Å². The molecule has 0 atom stereocenters. The largest absolute Gasteiger partial charge is 0.496 e. The quantitative estimate of drug-likeness (QED) is 0.865. The van der Waals surface area contributed by atoms with Gasteiger partial charge in [-0.1, -0.05) is 27.7 Å². The smallest absolute Gasteiger partial charge is 0.269 e. The number of hydrogen-bond acceptors (Lipinski definition) is 3. The molecule has 0 saturated carbocycles. The summed E-state index contributed by atoms with van der Waals surface area (Å²) < 4.78 is 7.12. The Morgan fingerprint density at radius 2 is 1.88 bits per heavy atom. The molecule has 2 rings (SSSR count). The molecule has 1 amide bonds. The maximum absolute atomic E-state index is 12.5. The van der Waals surface area contributed by atoms with Gasteiger partial charge in [0.2, 0.25) is 0 Å². The fourth-order valence-electron chi connectivity index (χ4n) is 2.81. The van der Waals surface area contributed by atoms with E-state index in [0.29, 0.717) is 24.1 Å². The molecule has 0 radical (unpaired) electrons. The van der Waals surface area contributed by atoms with E-state index < -0.39 is 0 Å². The molecule has 1 heterocycles. The number of nitrogens with zero attached hydrogens (tertiary/aromatic N) is 2. The third-order valence-corrected chi connectivity index (χ3v) is 4.47. The molecular formula is C20H29N3O2. The summed E-state index contributed by atoms with van der Waals surface area (Å²) in [7, 11) is 3.49. The van der Waals surface area contributed by atoms with E-state index in [9.17, 15) is 4.79 Å². The van der Waals surface area contributed by atoms with Crippen LogP contribution in [0.3, 0.4) is 0 Å². The van der Waals surface area contributed by atoms with Crippen LogP contribution < -0.4 is 10.1 Å². The molecule has 5 heteroatoms. The number of ether oxygens (including phenoxy) is 1. The van der Waals surface area contributed by atoms with Gasteiger partial charge >= 0.3 is 0 Å². The number of amides is 1. The van der Waals surface area contributed by atoms with Crippen LogP contribution in [0.4, 0.5) is 0 Å². The second-order valence-electron chi connectivity index (χ2n) is 7.09. The van der Waals surface area contributed by atoms with Gasteiger partial charge in [0.15, 0.2) is 0 Å². The van der Waals surface area contributed by atoms with E-state index in [0.717, 1.165) is 28.1 Å². The Morgan fingerprint density at radius 3 is 2.40 bits per heavy atom. The zero-order chi connectivity index (χ0) is 18.7. The van der Waals surface area contributed by atoms with Crippen molar-refractivity contribution >= 4 is 5.91 Å². The third-order valence-electron chi connectivity index (χ3n) is 4.47. The lowest BCUT2D eigenvalue weighted by Crippen LogP contribution is -2.25. The number of nitrogens with one attached hydrogen (secondary N) is 1. The zero-order valence-corrected chi connectivity index (χ0v) is 16.3. The van der Waals surface area contributed by atoms with Crippen molar-refractivity contribution < 1.29 is 9.53 Å². The van der Waals surface area contributed by atoms with E-state index in [1.54, 1.807) is 18.8 Å². The average Bonchev–Trinajstić information content (AvgIpc) is 2.95. The number of aromatic nitrogens is 2. The molecule has 0 aliphatic carbocycles. The Labute approximate surface area is 150 Å². The first-order valence-corrected chi connectivity index (χ1v) is 8.74. The van der Waals surface area contributed by atoms with Crippen molar-refractivity contribution in [1.82, 2.24) is 15.1 Å². The molecule has 1 N–H and O–H groups in total. The van der Waals surface area contributed by atoms with Crippen LogP contribution in [0.2, 0.25) is 0 Å². The summed E-state index contributed by atoms with van der Waals surface area (Å²) in [4.78, 5) is 12.5. The van der Waals surface area contributed by atoms with Crippen LogP contribution in [-0.2, 0) is 13.6 Å². The van der Waals surface area contributed by atoms with Gasteiger partial charge in [-0.05, 0) is 53.6 Å². The van der Waals surface area contributed by atoms with E-state index in [-0.39, 0.29) is 5.91 Å². The standard InChI is InChI=1S/C20H29N3O2/c1-12(2)16-9-15(14(5)8-19(16)25-7)11-21-20(24)18-10-17(13(3)4)22-23(18)6/h8-10,12-13H,11H2,1-7H3,(H,21,24). The van der Waals surface area contributed by atoms with Gasteiger partial charge in [-0.2, -0.15) is 5.10 Å². The van der Waals surface area contributed by atoms with Crippen molar-refractivity contribution in [2.45, 2.75) is 53.0 Å². The third kappa shape index (κ3) is 4.21. The summed E-state index contributed by atoms with van der Waals surface area (Å²) in [5.74, 6) is 1.44. The van der Waals surface area contributed by atoms with Crippen molar-refractivity contribution in [1.29, 1.82) is 0 Å². The highest BCUT2D eigenvalue weighted by Gasteiger charge is 2.16. The lowest BCUT2D eigenvalue weighted by Gasteiger charge is -2.16. The number of hydrogen-bond donors (Lipinski definition) is 1. The molecule has 136 valence electrons. The van der Waals surface area contributed by atoms with E-state index in [4.69, 9.17) is 4.74 Å². The van der Waals surface area contributed by atoms with Crippen LogP contribution in [0.25, 0.3) is 0 Å². The van der Waals surface area contributed by atoms with Crippen LogP contribution in [0.5, 0.6) is 5.75 Å². The predicted molar refractivity (Wildman–Crippen MR) is 100 cm³/mol. The van der Waals surface area contributed by atoms with Gasteiger partial charge in [-0.15, -0.1) is 0 Å². The lowest BCUT2D eigenvalue weighted by molar-refractivity contribution is 0.0941. The Morgan fingerprint density at radius 1 is 1.20 bits per heavy atom. The van der Waals surface area contributed by atoms with Crippen molar-refractivity contribution in [3.05, 3.63) is 46.3 Å². The summed E-state index contributed by atoms with van der Waals surface area (Å²) in [5.41, 5.74) is 4.87. The first kappa shape index (κ1) is 19.0. The summed E-state index contributed by atoms with van der Waals surface area (Å²) in [6.45, 7) is 10.9. The Balaban J connectivity index is 2.18. The SMILES string of the molecule is COc1cc(C)c(CNC(=O)c2cc(C(C)C)nn2C)cc1C(C)C. The van der Waals surface area contributed by atoms with Crippen LogP contribution >= 0.6 is 0 Å². The number of carbonyl (C=O) groups excluding carboxylic acids is 1. The van der Waals surface area contributed by atoms with Gasteiger partial charge in [0, 0.05) is 13.6 Å². The highest BCUT2D eigenvalue weighted by atomic mass is 16.5. The van der Waals surface area contributed by atoms with Gasteiger partial charge in [0.1, 0.15) is 11.4 Å². The molecular weight excluding hydrogens is 314 g/mol. The van der Waals surface area contributed by atoms with E-state index in [1.807, 2.05) is 19.1 Å². The molecule has 1 aromatic heterocycles. The van der Waals surface area contributed by atoms with Crippen LogP contribution in [0.1, 0.15) is 72.4 Å². The number of benzene rings is 1. The normalized spacial score (nSPS) is 11.2. The van der Waals surface area contributed by atoms with E-state index in [2.05, 4.69) is 44.2 Å². The van der Waals surface area contributed by atoms with Crippen molar-refractivity contribution in [2.75, 3.05) is 7.11 Å². The summed E-state index contributed by atoms with van der Waals surface area (Å²) in [6.07, 6.45) is 0. The highest BCUT2D eigenvalue weighted by Crippen LogP contribution is 2.29. The van der Waals surface area contributed by atoms with Gasteiger partial charge in [-0.25, -0.2) is 0 Å². The average molecular weight is 343 g/mol. The second kappa shape index (κ2) is 7.72. The molecule has 0 aliphatic rings. The molecule has 0 saturated heterocycles. The number of carbonyl (C=O) groups is 1. The predicted octanol–water partition coefficient (Wildman–Crippen LogP) is 3.91. The van der Waals surface area contributed by atoms with E-state index in [1.165, 1.54) is 0 Å². The molecule has 0 aliphatic heterocycles. The molecule has 25 heavy (non-hydrogen) atoms. The maximum Gasteiger partial charge on any atom is 0.269 e. The van der Waals surface area contributed by atoms with Gasteiger partial charge in [-0.3, -0.25) is 9.48 Å².